The Morgan fingerprint density at radius 2 is 1.13 bits per heavy atom. The van der Waals surface area contributed by atoms with Crippen LogP contribution in [0.3, 0.4) is 0 Å². The van der Waals surface area contributed by atoms with Crippen molar-refractivity contribution in [2.75, 3.05) is 4.90 Å². The summed E-state index contributed by atoms with van der Waals surface area (Å²) in [6, 6.07) is 49.5. The van der Waals surface area contributed by atoms with Crippen molar-refractivity contribution in [2.45, 2.75) is 0 Å². The Hall–Kier alpha value is -4.86. The minimum atomic E-state index is 0.891. The molecule has 0 unspecified atom stereocenters. The molecule has 2 heterocycles. The number of fused-ring (bicyclic) bond motifs is 6. The van der Waals surface area contributed by atoms with Gasteiger partial charge in [-0.05, 0) is 53.6 Å². The number of thiophene rings is 1. The lowest BCUT2D eigenvalue weighted by Gasteiger charge is -2.26. The van der Waals surface area contributed by atoms with E-state index in [0.29, 0.717) is 0 Å². The van der Waals surface area contributed by atoms with E-state index in [1.165, 1.54) is 31.3 Å². The number of hydrogen-bond donors (Lipinski definition) is 0. The minimum absolute atomic E-state index is 0.891. The summed E-state index contributed by atoms with van der Waals surface area (Å²) in [6.07, 6.45) is 0. The van der Waals surface area contributed by atoms with Crippen molar-refractivity contribution < 1.29 is 4.42 Å². The molecular weight excluding hydrogens is 494 g/mol. The normalized spacial score (nSPS) is 11.6. The third-order valence-corrected chi connectivity index (χ3v) is 8.61. The molecule has 2 aromatic heterocycles. The van der Waals surface area contributed by atoms with Gasteiger partial charge in [0.05, 0.1) is 5.69 Å². The third-order valence-electron chi connectivity index (χ3n) is 7.48. The third kappa shape index (κ3) is 3.63. The van der Waals surface area contributed by atoms with Gasteiger partial charge in [0.2, 0.25) is 0 Å². The van der Waals surface area contributed by atoms with E-state index in [9.17, 15) is 0 Å². The van der Waals surface area contributed by atoms with Crippen LogP contribution in [0.5, 0.6) is 0 Å². The summed E-state index contributed by atoms with van der Waals surface area (Å²) in [4.78, 5) is 2.32. The average Bonchev–Trinajstić information content (AvgIpc) is 3.57. The Bertz CT molecular complexity index is 2120. The summed E-state index contributed by atoms with van der Waals surface area (Å²) in [5.41, 5.74) is 7.42. The van der Waals surface area contributed by atoms with Gasteiger partial charge in [-0.15, -0.1) is 11.3 Å². The van der Waals surface area contributed by atoms with Crippen LogP contribution in [0.25, 0.3) is 53.2 Å². The van der Waals surface area contributed by atoms with Gasteiger partial charge in [-0.25, -0.2) is 0 Å². The van der Waals surface area contributed by atoms with E-state index in [1.807, 2.05) is 23.5 Å². The number of hydrogen-bond acceptors (Lipinski definition) is 3. The molecule has 0 aliphatic heterocycles. The monoisotopic (exact) mass is 517 g/mol. The van der Waals surface area contributed by atoms with Crippen LogP contribution in [0.15, 0.2) is 144 Å². The fraction of sp³-hybridized carbons (Fsp3) is 0. The maximum atomic E-state index is 6.50. The Morgan fingerprint density at radius 1 is 0.462 bits per heavy atom. The number of anilines is 3. The van der Waals surface area contributed by atoms with Gasteiger partial charge < -0.3 is 9.32 Å². The van der Waals surface area contributed by atoms with Crippen molar-refractivity contribution in [3.63, 3.8) is 0 Å². The van der Waals surface area contributed by atoms with Crippen LogP contribution < -0.4 is 4.90 Å². The Labute approximate surface area is 230 Å². The summed E-state index contributed by atoms with van der Waals surface area (Å²) in [6.45, 7) is 0. The Kier molecular flexibility index (Phi) is 5.04. The zero-order chi connectivity index (χ0) is 25.8. The van der Waals surface area contributed by atoms with Crippen LogP contribution in [0.1, 0.15) is 0 Å². The molecular formula is C36H23NOS. The SMILES string of the molecule is c1ccc(-c2ccc(N(c3ccc4c(c3)sc3ccccc34)c3cccc4c3oc3ccccc34)cc2)cc1. The predicted molar refractivity (Wildman–Crippen MR) is 167 cm³/mol. The maximum absolute atomic E-state index is 6.50. The molecule has 0 amide bonds. The molecule has 6 aromatic carbocycles. The van der Waals surface area contributed by atoms with Crippen LogP contribution in [-0.4, -0.2) is 0 Å². The summed E-state index contributed by atoms with van der Waals surface area (Å²) >= 11 is 1.84. The highest BCUT2D eigenvalue weighted by Crippen LogP contribution is 2.44. The van der Waals surface area contributed by atoms with E-state index in [1.54, 1.807) is 0 Å². The lowest BCUT2D eigenvalue weighted by molar-refractivity contribution is 0.669. The van der Waals surface area contributed by atoms with Gasteiger partial charge >= 0.3 is 0 Å². The van der Waals surface area contributed by atoms with Gasteiger partial charge in [0.25, 0.3) is 0 Å². The maximum Gasteiger partial charge on any atom is 0.159 e. The standard InChI is InChI=1S/C36H23NOS/c1-2-9-24(10-3-1)25-17-19-26(20-18-25)37(27-21-22-30-29-12-5-7-16-34(29)39-35(30)23-27)32-14-8-13-31-28-11-4-6-15-33(28)38-36(31)32/h1-23H. The fourth-order valence-corrected chi connectivity index (χ4v) is 6.76. The zero-order valence-corrected chi connectivity index (χ0v) is 21.9. The van der Waals surface area contributed by atoms with E-state index in [4.69, 9.17) is 4.42 Å². The van der Waals surface area contributed by atoms with Crippen LogP contribution in [0.2, 0.25) is 0 Å². The predicted octanol–water partition coefficient (Wildman–Crippen LogP) is 11.1. The van der Waals surface area contributed by atoms with Crippen molar-refractivity contribution in [1.29, 1.82) is 0 Å². The smallest absolute Gasteiger partial charge is 0.159 e. The molecule has 0 aliphatic carbocycles. The molecule has 0 aliphatic rings. The highest BCUT2D eigenvalue weighted by atomic mass is 32.1. The van der Waals surface area contributed by atoms with Gasteiger partial charge in [-0.2, -0.15) is 0 Å². The molecule has 8 aromatic rings. The highest BCUT2D eigenvalue weighted by molar-refractivity contribution is 7.25. The summed E-state index contributed by atoms with van der Waals surface area (Å²) in [7, 11) is 0. The minimum Gasteiger partial charge on any atom is -0.454 e. The molecule has 2 nitrogen and oxygen atoms in total. The van der Waals surface area contributed by atoms with Crippen molar-refractivity contribution >= 4 is 70.5 Å². The van der Waals surface area contributed by atoms with Crippen LogP contribution in [0.4, 0.5) is 17.1 Å². The van der Waals surface area contributed by atoms with Crippen LogP contribution >= 0.6 is 11.3 Å². The quantitative estimate of drug-likeness (QED) is 0.231. The zero-order valence-electron chi connectivity index (χ0n) is 21.0. The summed E-state index contributed by atoms with van der Waals surface area (Å²) < 4.78 is 9.08. The molecule has 3 heteroatoms. The number of nitrogens with zero attached hydrogens (tertiary/aromatic N) is 1. The summed E-state index contributed by atoms with van der Waals surface area (Å²) in [5, 5.41) is 4.86. The number of rotatable bonds is 4. The molecule has 39 heavy (non-hydrogen) atoms. The van der Waals surface area contributed by atoms with Crippen LogP contribution in [0, 0.1) is 0 Å². The fourth-order valence-electron chi connectivity index (χ4n) is 5.62. The van der Waals surface area contributed by atoms with Crippen molar-refractivity contribution in [2.24, 2.45) is 0 Å². The molecule has 0 spiro atoms. The first-order valence-corrected chi connectivity index (χ1v) is 13.9. The van der Waals surface area contributed by atoms with Crippen LogP contribution in [-0.2, 0) is 0 Å². The van der Waals surface area contributed by atoms with E-state index in [-0.39, 0.29) is 0 Å². The second-order valence-corrected chi connectivity index (χ2v) is 10.9. The van der Waals surface area contributed by atoms with Gasteiger partial charge in [-0.1, -0.05) is 97.1 Å². The van der Waals surface area contributed by atoms with Crippen molar-refractivity contribution in [1.82, 2.24) is 0 Å². The molecule has 0 radical (unpaired) electrons. The number of benzene rings is 6. The topological polar surface area (TPSA) is 16.4 Å². The molecule has 0 saturated carbocycles. The molecule has 0 saturated heterocycles. The Morgan fingerprint density at radius 3 is 2.00 bits per heavy atom. The van der Waals surface area contributed by atoms with E-state index in [0.717, 1.165) is 39.0 Å². The largest absolute Gasteiger partial charge is 0.454 e. The first-order valence-electron chi connectivity index (χ1n) is 13.1. The number of para-hydroxylation sites is 2. The lowest BCUT2D eigenvalue weighted by atomic mass is 10.0. The molecule has 0 atom stereocenters. The van der Waals surface area contributed by atoms with Gasteiger partial charge in [-0.3, -0.25) is 0 Å². The molecule has 0 N–H and O–H groups in total. The summed E-state index contributed by atoms with van der Waals surface area (Å²) in [5.74, 6) is 0. The second kappa shape index (κ2) is 8.87. The van der Waals surface area contributed by atoms with E-state index in [2.05, 4.69) is 132 Å². The van der Waals surface area contributed by atoms with Gasteiger partial charge in [0.15, 0.2) is 5.58 Å². The number of furan rings is 1. The van der Waals surface area contributed by atoms with E-state index < -0.39 is 0 Å². The molecule has 184 valence electrons. The first-order chi connectivity index (χ1) is 19.3. The molecule has 0 bridgehead atoms. The average molecular weight is 518 g/mol. The van der Waals surface area contributed by atoms with Crippen molar-refractivity contribution in [3.8, 4) is 11.1 Å². The first kappa shape index (κ1) is 22.2. The lowest BCUT2D eigenvalue weighted by Crippen LogP contribution is -2.10. The van der Waals surface area contributed by atoms with Gasteiger partial charge in [0, 0.05) is 42.3 Å². The van der Waals surface area contributed by atoms with Crippen molar-refractivity contribution in [3.05, 3.63) is 140 Å². The molecule has 8 rings (SSSR count). The van der Waals surface area contributed by atoms with Gasteiger partial charge in [0.1, 0.15) is 5.58 Å². The molecule has 0 fully saturated rings. The second-order valence-electron chi connectivity index (χ2n) is 9.78. The van der Waals surface area contributed by atoms with E-state index >= 15 is 0 Å². The highest BCUT2D eigenvalue weighted by Gasteiger charge is 2.20. The Balaban J connectivity index is 1.35.